The van der Waals surface area contributed by atoms with Gasteiger partial charge in [0.25, 0.3) is 5.91 Å². The maximum absolute atomic E-state index is 13.9. The smallest absolute Gasteiger partial charge is 0.270 e. The molecule has 34 heavy (non-hydrogen) atoms. The summed E-state index contributed by atoms with van der Waals surface area (Å²) in [6.07, 6.45) is 0.553. The molecule has 2 heterocycles. The predicted molar refractivity (Wildman–Crippen MR) is 130 cm³/mol. The van der Waals surface area contributed by atoms with E-state index in [1.807, 2.05) is 49.4 Å². The average Bonchev–Trinajstić information content (AvgIpc) is 3.28. The molecule has 0 saturated carbocycles. The first-order valence-electron chi connectivity index (χ1n) is 10.8. The van der Waals surface area contributed by atoms with Crippen LogP contribution in [0.2, 0.25) is 0 Å². The van der Waals surface area contributed by atoms with Gasteiger partial charge in [-0.1, -0.05) is 29.8 Å². The largest absolute Gasteiger partial charge is 0.493 e. The molecule has 3 amide bonds. The molecule has 1 atom stereocenters. The SMILES string of the molecule is COc1ccccc1OCCCN1C(=O)[C@@]2(SC(NC(C)=O)=NN2C(C)=O)c2cc(C)ccc21. The molecule has 0 aromatic heterocycles. The Kier molecular flexibility index (Phi) is 6.52. The number of thioether (sulfide) groups is 1. The van der Waals surface area contributed by atoms with Gasteiger partial charge in [0.2, 0.25) is 16.7 Å². The Morgan fingerprint density at radius 3 is 2.56 bits per heavy atom. The van der Waals surface area contributed by atoms with Crippen molar-refractivity contribution in [2.75, 3.05) is 25.2 Å². The molecule has 0 bridgehead atoms. The zero-order chi connectivity index (χ0) is 24.5. The molecule has 4 rings (SSSR count). The Morgan fingerprint density at radius 1 is 1.15 bits per heavy atom. The lowest BCUT2D eigenvalue weighted by Gasteiger charge is -2.29. The van der Waals surface area contributed by atoms with Crippen molar-refractivity contribution in [1.82, 2.24) is 10.3 Å². The van der Waals surface area contributed by atoms with Gasteiger partial charge in [-0.05, 0) is 43.3 Å². The number of benzene rings is 2. The molecule has 0 saturated heterocycles. The molecule has 2 aromatic rings. The molecule has 2 aliphatic heterocycles. The minimum atomic E-state index is -1.39. The monoisotopic (exact) mass is 482 g/mol. The van der Waals surface area contributed by atoms with E-state index in [1.54, 1.807) is 12.0 Å². The number of fused-ring (bicyclic) bond motifs is 2. The van der Waals surface area contributed by atoms with Crippen LogP contribution in [0.1, 0.15) is 31.4 Å². The summed E-state index contributed by atoms with van der Waals surface area (Å²) < 4.78 is 11.2. The summed E-state index contributed by atoms with van der Waals surface area (Å²) in [5.41, 5.74) is 2.34. The number of nitrogens with one attached hydrogen (secondary N) is 1. The van der Waals surface area contributed by atoms with Gasteiger partial charge in [0, 0.05) is 26.0 Å². The summed E-state index contributed by atoms with van der Waals surface area (Å²) in [5.74, 6) is 0.270. The number of amides is 3. The number of nitrogens with zero attached hydrogens (tertiary/aromatic N) is 3. The molecule has 178 valence electrons. The van der Waals surface area contributed by atoms with Gasteiger partial charge >= 0.3 is 0 Å². The fraction of sp³-hybridized carbons (Fsp3) is 0.333. The number of carbonyl (C=O) groups excluding carboxylic acids is 3. The average molecular weight is 483 g/mol. The van der Waals surface area contributed by atoms with Crippen LogP contribution >= 0.6 is 11.8 Å². The van der Waals surface area contributed by atoms with Crippen LogP contribution in [0.5, 0.6) is 11.5 Å². The van der Waals surface area contributed by atoms with Gasteiger partial charge < -0.3 is 19.7 Å². The second kappa shape index (κ2) is 9.38. The summed E-state index contributed by atoms with van der Waals surface area (Å²) in [6, 6.07) is 13.1. The lowest BCUT2D eigenvalue weighted by Crippen LogP contribution is -2.48. The molecule has 1 N–H and O–H groups in total. The fourth-order valence-electron chi connectivity index (χ4n) is 4.09. The van der Waals surface area contributed by atoms with Crippen molar-refractivity contribution in [2.24, 2.45) is 5.10 Å². The number of carbonyl (C=O) groups is 3. The van der Waals surface area contributed by atoms with Crippen LogP contribution in [0, 0.1) is 6.92 Å². The van der Waals surface area contributed by atoms with E-state index in [0.717, 1.165) is 17.3 Å². The summed E-state index contributed by atoms with van der Waals surface area (Å²) in [7, 11) is 1.58. The number of aryl methyl sites for hydroxylation is 1. The van der Waals surface area contributed by atoms with Crippen molar-refractivity contribution < 1.29 is 23.9 Å². The first-order valence-corrected chi connectivity index (χ1v) is 11.6. The maximum atomic E-state index is 13.9. The highest BCUT2D eigenvalue weighted by atomic mass is 32.2. The topological polar surface area (TPSA) is 101 Å². The second-order valence-electron chi connectivity index (χ2n) is 7.99. The van der Waals surface area contributed by atoms with E-state index < -0.39 is 10.8 Å². The number of hydrogen-bond donors (Lipinski definition) is 1. The van der Waals surface area contributed by atoms with Gasteiger partial charge in [-0.25, -0.2) is 0 Å². The van der Waals surface area contributed by atoms with Crippen molar-refractivity contribution in [1.29, 1.82) is 0 Å². The third kappa shape index (κ3) is 4.09. The quantitative estimate of drug-likeness (QED) is 0.636. The van der Waals surface area contributed by atoms with E-state index in [9.17, 15) is 14.4 Å². The molecular weight excluding hydrogens is 456 g/mol. The fourth-order valence-corrected chi connectivity index (χ4v) is 5.41. The Balaban J connectivity index is 1.58. The molecule has 0 unspecified atom stereocenters. The van der Waals surface area contributed by atoms with Gasteiger partial charge in [-0.2, -0.15) is 5.01 Å². The van der Waals surface area contributed by atoms with E-state index in [2.05, 4.69) is 10.4 Å². The zero-order valence-electron chi connectivity index (χ0n) is 19.5. The number of para-hydroxylation sites is 2. The van der Waals surface area contributed by atoms with E-state index in [1.165, 1.54) is 18.9 Å². The first-order chi connectivity index (χ1) is 16.3. The number of anilines is 1. The molecule has 0 aliphatic carbocycles. The number of hydrogen-bond acceptors (Lipinski definition) is 7. The Bertz CT molecular complexity index is 1180. The molecular formula is C24H26N4O5S. The van der Waals surface area contributed by atoms with E-state index in [4.69, 9.17) is 9.47 Å². The highest BCUT2D eigenvalue weighted by Crippen LogP contribution is 2.54. The Morgan fingerprint density at radius 2 is 1.88 bits per heavy atom. The predicted octanol–water partition coefficient (Wildman–Crippen LogP) is 2.97. The van der Waals surface area contributed by atoms with Crippen LogP contribution in [0.15, 0.2) is 47.6 Å². The number of rotatable bonds is 6. The van der Waals surface area contributed by atoms with Gasteiger partial charge in [0.15, 0.2) is 16.7 Å². The third-order valence-electron chi connectivity index (χ3n) is 5.51. The minimum absolute atomic E-state index is 0.213. The van der Waals surface area contributed by atoms with Crippen LogP contribution in [0.25, 0.3) is 0 Å². The van der Waals surface area contributed by atoms with E-state index in [-0.39, 0.29) is 17.0 Å². The second-order valence-corrected chi connectivity index (χ2v) is 9.18. The zero-order valence-corrected chi connectivity index (χ0v) is 20.3. The molecule has 9 nitrogen and oxygen atoms in total. The van der Waals surface area contributed by atoms with Crippen LogP contribution in [-0.4, -0.2) is 48.2 Å². The van der Waals surface area contributed by atoms with Crippen LogP contribution in [0.4, 0.5) is 5.69 Å². The van der Waals surface area contributed by atoms with E-state index >= 15 is 0 Å². The number of amidine groups is 1. The molecule has 0 radical (unpaired) electrons. The van der Waals surface area contributed by atoms with Gasteiger partial charge in [0.05, 0.1) is 19.4 Å². The minimum Gasteiger partial charge on any atom is -0.493 e. The summed E-state index contributed by atoms with van der Waals surface area (Å²) in [6.45, 7) is 5.39. The van der Waals surface area contributed by atoms with Crippen molar-refractivity contribution >= 4 is 40.3 Å². The van der Waals surface area contributed by atoms with Crippen LogP contribution in [0.3, 0.4) is 0 Å². The number of ether oxygens (including phenoxy) is 2. The van der Waals surface area contributed by atoms with Crippen molar-refractivity contribution in [3.05, 3.63) is 53.6 Å². The Labute approximate surface area is 202 Å². The molecule has 0 fully saturated rings. The molecule has 2 aliphatic rings. The van der Waals surface area contributed by atoms with Crippen molar-refractivity contribution in [3.63, 3.8) is 0 Å². The highest BCUT2D eigenvalue weighted by molar-refractivity contribution is 8.15. The van der Waals surface area contributed by atoms with Crippen molar-refractivity contribution in [3.8, 4) is 11.5 Å². The van der Waals surface area contributed by atoms with Gasteiger partial charge in [-0.3, -0.25) is 14.4 Å². The summed E-state index contributed by atoms with van der Waals surface area (Å²) in [4.78, 5) is 38.3. The number of hydrazone groups is 1. The normalized spacial score (nSPS) is 18.7. The maximum Gasteiger partial charge on any atom is 0.270 e. The first kappa shape index (κ1) is 23.6. The summed E-state index contributed by atoms with van der Waals surface area (Å²) in [5, 5.41) is 8.28. The van der Waals surface area contributed by atoms with Gasteiger partial charge in [0.1, 0.15) is 0 Å². The van der Waals surface area contributed by atoms with Crippen LogP contribution < -0.4 is 19.7 Å². The lowest BCUT2D eigenvalue weighted by atomic mass is 10.0. The summed E-state index contributed by atoms with van der Waals surface area (Å²) >= 11 is 1.07. The molecule has 2 aromatic carbocycles. The third-order valence-corrected chi connectivity index (χ3v) is 6.75. The van der Waals surface area contributed by atoms with Gasteiger partial charge in [-0.15, -0.1) is 5.10 Å². The molecule has 10 heteroatoms. The van der Waals surface area contributed by atoms with Crippen molar-refractivity contribution in [2.45, 2.75) is 32.1 Å². The Hall–Kier alpha value is -3.53. The standard InChI is InChI=1S/C24H26N4O5S/c1-15-10-11-19-18(14-15)24(28(17(3)30)26-23(34-24)25-16(2)29)22(31)27(19)12-7-13-33-21-9-6-5-8-20(21)32-4/h5-6,8-11,14H,7,12-13H2,1-4H3,(H,25,26,29)/t24-/m0/s1. The molecule has 1 spiro atoms. The lowest BCUT2D eigenvalue weighted by molar-refractivity contribution is -0.139. The van der Waals surface area contributed by atoms with E-state index in [0.29, 0.717) is 42.3 Å². The van der Waals surface area contributed by atoms with Crippen LogP contribution in [-0.2, 0) is 19.3 Å². The number of methoxy groups -OCH3 is 1. The highest BCUT2D eigenvalue weighted by Gasteiger charge is 2.61.